The fourth-order valence-corrected chi connectivity index (χ4v) is 2.18. The maximum atomic E-state index is 10.6. The first-order valence-electron chi connectivity index (χ1n) is 5.08. The number of hydrogen-bond donors (Lipinski definition) is 2. The Kier molecular flexibility index (Phi) is 2.17. The molecule has 3 N–H and O–H groups in total. The molecule has 0 aromatic heterocycles. The zero-order valence-electron chi connectivity index (χ0n) is 9.18. The molecular weight excluding hydrogens is 208 g/mol. The number of non-ortho nitro benzene ring substituents is 1. The smallest absolute Gasteiger partial charge is 0.269 e. The standard InChI is InChI=1S/C11H14N2O3/c1-11(2)9(10(11)12)7-5-6(13(15)16)3-4-8(7)14/h3-5,9-10,14H,12H2,1-2H3. The minimum Gasteiger partial charge on any atom is -0.508 e. The van der Waals surface area contributed by atoms with Crippen LogP contribution >= 0.6 is 0 Å². The highest BCUT2D eigenvalue weighted by Gasteiger charge is 2.57. The number of nitro benzene ring substituents is 1. The van der Waals surface area contributed by atoms with Gasteiger partial charge in [0, 0.05) is 29.7 Å². The third-order valence-corrected chi connectivity index (χ3v) is 3.47. The van der Waals surface area contributed by atoms with E-state index >= 15 is 0 Å². The van der Waals surface area contributed by atoms with Crippen molar-refractivity contribution in [1.82, 2.24) is 0 Å². The summed E-state index contributed by atoms with van der Waals surface area (Å²) in [7, 11) is 0. The summed E-state index contributed by atoms with van der Waals surface area (Å²) in [5.74, 6) is 0.0732. The van der Waals surface area contributed by atoms with E-state index in [4.69, 9.17) is 5.73 Å². The van der Waals surface area contributed by atoms with Gasteiger partial charge in [-0.2, -0.15) is 0 Å². The second-order valence-corrected chi connectivity index (χ2v) is 4.83. The highest BCUT2D eigenvalue weighted by Crippen LogP contribution is 2.59. The highest BCUT2D eigenvalue weighted by molar-refractivity contribution is 5.49. The predicted molar refractivity (Wildman–Crippen MR) is 59.3 cm³/mol. The lowest BCUT2D eigenvalue weighted by atomic mass is 10.0. The Morgan fingerprint density at radius 1 is 1.50 bits per heavy atom. The van der Waals surface area contributed by atoms with Crippen molar-refractivity contribution in [3.63, 3.8) is 0 Å². The van der Waals surface area contributed by atoms with Gasteiger partial charge in [0.25, 0.3) is 5.69 Å². The van der Waals surface area contributed by atoms with Crippen LogP contribution < -0.4 is 5.73 Å². The van der Waals surface area contributed by atoms with E-state index < -0.39 is 4.92 Å². The Morgan fingerprint density at radius 3 is 2.50 bits per heavy atom. The van der Waals surface area contributed by atoms with Gasteiger partial charge in [0.15, 0.2) is 0 Å². The van der Waals surface area contributed by atoms with Crippen LogP contribution in [0.4, 0.5) is 5.69 Å². The molecule has 2 rings (SSSR count). The van der Waals surface area contributed by atoms with Crippen molar-refractivity contribution in [2.75, 3.05) is 0 Å². The molecular formula is C11H14N2O3. The number of benzene rings is 1. The molecule has 5 nitrogen and oxygen atoms in total. The molecule has 0 bridgehead atoms. The van der Waals surface area contributed by atoms with E-state index in [9.17, 15) is 15.2 Å². The van der Waals surface area contributed by atoms with E-state index in [1.165, 1.54) is 18.2 Å². The molecule has 1 aromatic rings. The number of nitrogens with zero attached hydrogens (tertiary/aromatic N) is 1. The van der Waals surface area contributed by atoms with Gasteiger partial charge in [-0.25, -0.2) is 0 Å². The molecule has 0 saturated heterocycles. The van der Waals surface area contributed by atoms with Crippen molar-refractivity contribution in [1.29, 1.82) is 0 Å². The van der Waals surface area contributed by atoms with Gasteiger partial charge in [-0.3, -0.25) is 10.1 Å². The average molecular weight is 222 g/mol. The Bertz CT molecular complexity index is 457. The van der Waals surface area contributed by atoms with Crippen LogP contribution in [-0.4, -0.2) is 16.1 Å². The van der Waals surface area contributed by atoms with Gasteiger partial charge in [-0.15, -0.1) is 0 Å². The van der Waals surface area contributed by atoms with E-state index in [0.717, 1.165) is 0 Å². The van der Waals surface area contributed by atoms with Gasteiger partial charge >= 0.3 is 0 Å². The monoisotopic (exact) mass is 222 g/mol. The Morgan fingerprint density at radius 2 is 2.06 bits per heavy atom. The van der Waals surface area contributed by atoms with Gasteiger partial charge in [-0.1, -0.05) is 13.8 Å². The highest BCUT2D eigenvalue weighted by atomic mass is 16.6. The third-order valence-electron chi connectivity index (χ3n) is 3.47. The summed E-state index contributed by atoms with van der Waals surface area (Å²) in [5, 5.41) is 20.3. The number of nitro groups is 1. The molecule has 1 aliphatic carbocycles. The van der Waals surface area contributed by atoms with Crippen molar-refractivity contribution in [3.8, 4) is 5.75 Å². The Balaban J connectivity index is 2.42. The van der Waals surface area contributed by atoms with Crippen LogP contribution in [0.1, 0.15) is 25.3 Å². The number of aromatic hydroxyl groups is 1. The SMILES string of the molecule is CC1(C)C(N)C1c1cc([N+](=O)[O-])ccc1O. The molecule has 0 heterocycles. The second kappa shape index (κ2) is 3.18. The van der Waals surface area contributed by atoms with Gasteiger partial charge in [0.05, 0.1) is 4.92 Å². The summed E-state index contributed by atoms with van der Waals surface area (Å²) in [4.78, 5) is 10.2. The van der Waals surface area contributed by atoms with E-state index in [1.807, 2.05) is 13.8 Å². The summed E-state index contributed by atoms with van der Waals surface area (Å²) < 4.78 is 0. The first-order valence-corrected chi connectivity index (χ1v) is 5.08. The number of phenols is 1. The summed E-state index contributed by atoms with van der Waals surface area (Å²) in [6, 6.07) is 4.00. The van der Waals surface area contributed by atoms with Crippen LogP contribution in [0.3, 0.4) is 0 Å². The van der Waals surface area contributed by atoms with Crippen molar-refractivity contribution >= 4 is 5.69 Å². The second-order valence-electron chi connectivity index (χ2n) is 4.83. The van der Waals surface area contributed by atoms with Crippen molar-refractivity contribution in [2.45, 2.75) is 25.8 Å². The van der Waals surface area contributed by atoms with Crippen LogP contribution in [0.5, 0.6) is 5.75 Å². The van der Waals surface area contributed by atoms with Gasteiger partial charge in [-0.05, 0) is 11.5 Å². The van der Waals surface area contributed by atoms with Gasteiger partial charge in [0.1, 0.15) is 5.75 Å². The molecule has 86 valence electrons. The molecule has 1 aliphatic rings. The summed E-state index contributed by atoms with van der Waals surface area (Å²) in [5.41, 5.74) is 6.35. The lowest BCUT2D eigenvalue weighted by Gasteiger charge is -2.05. The quantitative estimate of drug-likeness (QED) is 0.589. The average Bonchev–Trinajstić information content (AvgIpc) is 2.67. The van der Waals surface area contributed by atoms with Crippen LogP contribution in [0.25, 0.3) is 0 Å². The molecule has 0 radical (unpaired) electrons. The minimum absolute atomic E-state index is 0.00704. The molecule has 1 saturated carbocycles. The van der Waals surface area contributed by atoms with E-state index in [2.05, 4.69) is 0 Å². The van der Waals surface area contributed by atoms with Gasteiger partial charge in [0.2, 0.25) is 0 Å². The van der Waals surface area contributed by atoms with Crippen molar-refractivity contribution < 1.29 is 10.0 Å². The van der Waals surface area contributed by atoms with Crippen molar-refractivity contribution in [3.05, 3.63) is 33.9 Å². The van der Waals surface area contributed by atoms with Crippen LogP contribution in [0, 0.1) is 15.5 Å². The number of rotatable bonds is 2. The summed E-state index contributed by atoms with van der Waals surface area (Å²) in [6.45, 7) is 3.97. The molecule has 0 amide bonds. The van der Waals surface area contributed by atoms with Crippen LogP contribution in [-0.2, 0) is 0 Å². The largest absolute Gasteiger partial charge is 0.508 e. The molecule has 2 unspecified atom stereocenters. The topological polar surface area (TPSA) is 89.4 Å². The normalized spacial score (nSPS) is 26.4. The van der Waals surface area contributed by atoms with Gasteiger partial charge < -0.3 is 10.8 Å². The van der Waals surface area contributed by atoms with Crippen LogP contribution in [0.2, 0.25) is 0 Å². The fraction of sp³-hybridized carbons (Fsp3) is 0.455. The third kappa shape index (κ3) is 1.44. The van der Waals surface area contributed by atoms with E-state index in [1.54, 1.807) is 0 Å². The maximum Gasteiger partial charge on any atom is 0.269 e. The molecule has 2 atom stereocenters. The van der Waals surface area contributed by atoms with E-state index in [-0.39, 0.29) is 28.8 Å². The Hall–Kier alpha value is -1.62. The molecule has 5 heteroatoms. The minimum atomic E-state index is -0.468. The molecule has 0 aliphatic heterocycles. The zero-order chi connectivity index (χ0) is 12.1. The Labute approximate surface area is 93.0 Å². The first kappa shape index (κ1) is 10.9. The number of nitrogens with two attached hydrogens (primary N) is 1. The van der Waals surface area contributed by atoms with Crippen LogP contribution in [0.15, 0.2) is 18.2 Å². The predicted octanol–water partition coefficient (Wildman–Crippen LogP) is 1.75. The van der Waals surface area contributed by atoms with Crippen molar-refractivity contribution in [2.24, 2.45) is 11.1 Å². The van der Waals surface area contributed by atoms with E-state index in [0.29, 0.717) is 5.56 Å². The number of phenolic OH excluding ortho intramolecular Hbond substituents is 1. The number of hydrogen-bond acceptors (Lipinski definition) is 4. The molecule has 0 spiro atoms. The summed E-state index contributed by atoms with van der Waals surface area (Å²) in [6.07, 6.45) is 0. The maximum absolute atomic E-state index is 10.6. The molecule has 1 aromatic carbocycles. The first-order chi connectivity index (χ1) is 7.35. The molecule has 1 fully saturated rings. The zero-order valence-corrected chi connectivity index (χ0v) is 9.18. The summed E-state index contributed by atoms with van der Waals surface area (Å²) >= 11 is 0. The molecule has 16 heavy (non-hydrogen) atoms. The lowest BCUT2D eigenvalue weighted by Crippen LogP contribution is -2.06. The fourth-order valence-electron chi connectivity index (χ4n) is 2.18. The lowest BCUT2D eigenvalue weighted by molar-refractivity contribution is -0.384.